The van der Waals surface area contributed by atoms with Crippen molar-refractivity contribution in [2.75, 3.05) is 7.11 Å². The maximum atomic E-state index is 14.0. The molecule has 1 aromatic carbocycles. The van der Waals surface area contributed by atoms with Crippen LogP contribution in [-0.4, -0.2) is 36.0 Å². The third kappa shape index (κ3) is 2.11. The van der Waals surface area contributed by atoms with Crippen LogP contribution < -0.4 is 5.73 Å². The van der Waals surface area contributed by atoms with Crippen LogP contribution in [0.5, 0.6) is 0 Å². The van der Waals surface area contributed by atoms with E-state index in [4.69, 9.17) is 15.5 Å². The Morgan fingerprint density at radius 3 is 2.54 bits per heavy atom. The van der Waals surface area contributed by atoms with Gasteiger partial charge in [-0.1, -0.05) is 18.2 Å². The third-order valence-electron chi connectivity index (χ3n) is 8.06. The van der Waals surface area contributed by atoms with Crippen LogP contribution in [0.4, 0.5) is 0 Å². The first-order chi connectivity index (χ1) is 13.6. The van der Waals surface area contributed by atoms with Crippen molar-refractivity contribution < 1.29 is 9.53 Å². The maximum absolute atomic E-state index is 14.0. The molecule has 1 aliphatic heterocycles. The average Bonchev–Trinajstić information content (AvgIpc) is 3.62. The molecule has 0 aromatic heterocycles. The Bertz CT molecular complexity index is 878. The number of rotatable bonds is 3. The Kier molecular flexibility index (Phi) is 3.40. The topological polar surface area (TPSA) is 67.9 Å². The summed E-state index contributed by atoms with van der Waals surface area (Å²) in [7, 11) is 1.80. The van der Waals surface area contributed by atoms with Crippen LogP contribution in [0.2, 0.25) is 0 Å². The first-order valence-corrected chi connectivity index (χ1v) is 10.9. The zero-order valence-corrected chi connectivity index (χ0v) is 16.6. The number of fused-ring (bicyclic) bond motifs is 3. The highest BCUT2D eigenvalue weighted by Crippen LogP contribution is 2.63. The first kappa shape index (κ1) is 17.0. The molecule has 0 radical (unpaired) electrons. The molecule has 28 heavy (non-hydrogen) atoms. The normalized spacial score (nSPS) is 37.0. The Balaban J connectivity index is 1.50. The molecule has 1 aromatic rings. The number of carbonyl (C=O) groups is 1. The number of ether oxygens (including phenoxy) is 1. The molecule has 2 N–H and O–H groups in total. The molecule has 1 heterocycles. The minimum atomic E-state index is -0.807. The number of methoxy groups -OCH3 is 1. The summed E-state index contributed by atoms with van der Waals surface area (Å²) in [5, 5.41) is 0. The SMILES string of the molecule is COC1CCC2(CC1)Cc1ccc(C3CC3)cc1C21N=C(N)N(C2CC2)C1=O. The third-order valence-corrected chi connectivity index (χ3v) is 8.06. The molecular weight excluding hydrogens is 350 g/mol. The van der Waals surface area contributed by atoms with Crippen LogP contribution >= 0.6 is 0 Å². The molecular formula is C23H29N3O2. The molecule has 2 spiro atoms. The van der Waals surface area contributed by atoms with Crippen molar-refractivity contribution in [3.63, 3.8) is 0 Å². The molecule has 1 unspecified atom stereocenters. The van der Waals surface area contributed by atoms with Crippen LogP contribution in [0.3, 0.4) is 0 Å². The van der Waals surface area contributed by atoms with Crippen LogP contribution in [0.25, 0.3) is 0 Å². The smallest absolute Gasteiger partial charge is 0.262 e. The monoisotopic (exact) mass is 379 g/mol. The molecule has 4 aliphatic carbocycles. The summed E-state index contributed by atoms with van der Waals surface area (Å²) in [5.41, 5.74) is 9.29. The predicted molar refractivity (Wildman–Crippen MR) is 107 cm³/mol. The highest BCUT2D eigenvalue weighted by molar-refractivity contribution is 6.09. The minimum Gasteiger partial charge on any atom is -0.381 e. The van der Waals surface area contributed by atoms with Gasteiger partial charge in [0, 0.05) is 18.6 Å². The number of hydrogen-bond acceptors (Lipinski definition) is 4. The number of guanidine groups is 1. The second kappa shape index (κ2) is 5.59. The van der Waals surface area contributed by atoms with Crippen molar-refractivity contribution in [3.8, 4) is 0 Å². The number of carbonyl (C=O) groups excluding carboxylic acids is 1. The van der Waals surface area contributed by atoms with Crippen molar-refractivity contribution in [1.82, 2.24) is 4.90 Å². The summed E-state index contributed by atoms with van der Waals surface area (Å²) in [6.45, 7) is 0. The summed E-state index contributed by atoms with van der Waals surface area (Å²) in [4.78, 5) is 20.9. The molecule has 1 amide bonds. The molecule has 0 saturated heterocycles. The molecule has 3 saturated carbocycles. The number of benzene rings is 1. The summed E-state index contributed by atoms with van der Waals surface area (Å²) in [6.07, 6.45) is 9.79. The lowest BCUT2D eigenvalue weighted by Crippen LogP contribution is -2.52. The van der Waals surface area contributed by atoms with Crippen LogP contribution in [0.15, 0.2) is 23.2 Å². The minimum absolute atomic E-state index is 0.148. The van der Waals surface area contributed by atoms with Crippen LogP contribution in [0.1, 0.15) is 74.0 Å². The average molecular weight is 380 g/mol. The molecule has 5 nitrogen and oxygen atoms in total. The second-order valence-corrected chi connectivity index (χ2v) is 9.67. The van der Waals surface area contributed by atoms with Gasteiger partial charge in [-0.05, 0) is 80.4 Å². The van der Waals surface area contributed by atoms with E-state index in [0.29, 0.717) is 18.0 Å². The molecule has 148 valence electrons. The van der Waals surface area contributed by atoms with Gasteiger partial charge in [-0.15, -0.1) is 0 Å². The van der Waals surface area contributed by atoms with Gasteiger partial charge in [0.05, 0.1) is 6.10 Å². The van der Waals surface area contributed by atoms with Crippen molar-refractivity contribution >= 4 is 11.9 Å². The van der Waals surface area contributed by atoms with Crippen molar-refractivity contribution in [2.24, 2.45) is 16.1 Å². The Labute approximate surface area is 166 Å². The van der Waals surface area contributed by atoms with E-state index < -0.39 is 5.54 Å². The van der Waals surface area contributed by atoms with Gasteiger partial charge in [0.1, 0.15) is 0 Å². The van der Waals surface area contributed by atoms with E-state index in [1.807, 2.05) is 4.90 Å². The van der Waals surface area contributed by atoms with Crippen LogP contribution in [0, 0.1) is 5.41 Å². The fourth-order valence-electron chi connectivity index (χ4n) is 6.21. The van der Waals surface area contributed by atoms with Gasteiger partial charge >= 0.3 is 0 Å². The van der Waals surface area contributed by atoms with E-state index in [9.17, 15) is 4.79 Å². The quantitative estimate of drug-likeness (QED) is 0.877. The lowest BCUT2D eigenvalue weighted by Gasteiger charge is -2.45. The molecule has 5 heteroatoms. The second-order valence-electron chi connectivity index (χ2n) is 9.67. The van der Waals surface area contributed by atoms with E-state index in [2.05, 4.69) is 18.2 Å². The standard InChI is InChI=1S/C23H29N3O2/c1-28-18-8-10-22(11-9-18)13-16-5-4-15(14-2-3-14)12-19(16)23(22)20(27)26(17-6-7-17)21(24)25-23/h4-5,12,14,17-18H,2-3,6-11,13H2,1H3,(H2,24,25). The van der Waals surface area contributed by atoms with Crippen LogP contribution in [-0.2, 0) is 21.5 Å². The zero-order chi connectivity index (χ0) is 19.1. The summed E-state index contributed by atoms with van der Waals surface area (Å²) in [6, 6.07) is 7.14. The largest absolute Gasteiger partial charge is 0.381 e. The van der Waals surface area contributed by atoms with E-state index in [1.165, 1.54) is 24.0 Å². The summed E-state index contributed by atoms with van der Waals surface area (Å²) in [5.74, 6) is 1.26. The Morgan fingerprint density at radius 1 is 1.14 bits per heavy atom. The highest BCUT2D eigenvalue weighted by atomic mass is 16.5. The van der Waals surface area contributed by atoms with Gasteiger partial charge in [0.2, 0.25) is 0 Å². The van der Waals surface area contributed by atoms with E-state index in [-0.39, 0.29) is 17.4 Å². The number of amides is 1. The Morgan fingerprint density at radius 2 is 1.89 bits per heavy atom. The van der Waals surface area contributed by atoms with E-state index >= 15 is 0 Å². The predicted octanol–water partition coefficient (Wildman–Crippen LogP) is 3.21. The molecule has 1 atom stereocenters. The molecule has 0 bridgehead atoms. The Hall–Kier alpha value is -1.88. The maximum Gasteiger partial charge on any atom is 0.262 e. The fraction of sp³-hybridized carbons (Fsp3) is 0.652. The van der Waals surface area contributed by atoms with E-state index in [1.54, 1.807) is 7.11 Å². The lowest BCUT2D eigenvalue weighted by atomic mass is 9.61. The fourth-order valence-corrected chi connectivity index (χ4v) is 6.21. The van der Waals surface area contributed by atoms with Gasteiger partial charge in [-0.25, -0.2) is 4.99 Å². The molecule has 5 aliphatic rings. The molecule has 6 rings (SSSR count). The van der Waals surface area contributed by atoms with Crippen molar-refractivity contribution in [3.05, 3.63) is 34.9 Å². The first-order valence-electron chi connectivity index (χ1n) is 10.9. The zero-order valence-electron chi connectivity index (χ0n) is 16.6. The van der Waals surface area contributed by atoms with Gasteiger partial charge in [0.25, 0.3) is 5.91 Å². The van der Waals surface area contributed by atoms with Gasteiger partial charge in [0.15, 0.2) is 11.5 Å². The molecule has 3 fully saturated rings. The van der Waals surface area contributed by atoms with Gasteiger partial charge in [-0.3, -0.25) is 9.69 Å². The van der Waals surface area contributed by atoms with Crippen molar-refractivity contribution in [1.29, 1.82) is 0 Å². The number of aliphatic imine (C=N–C) groups is 1. The number of nitrogens with two attached hydrogens (primary N) is 1. The number of hydrogen-bond donors (Lipinski definition) is 1. The number of nitrogens with zero attached hydrogens (tertiary/aromatic N) is 2. The van der Waals surface area contributed by atoms with Crippen molar-refractivity contribution in [2.45, 2.75) is 81.4 Å². The highest BCUT2D eigenvalue weighted by Gasteiger charge is 2.67. The summed E-state index contributed by atoms with van der Waals surface area (Å²) < 4.78 is 5.64. The van der Waals surface area contributed by atoms with Gasteiger partial charge < -0.3 is 10.5 Å². The van der Waals surface area contributed by atoms with Gasteiger partial charge in [-0.2, -0.15) is 0 Å². The van der Waals surface area contributed by atoms with E-state index in [0.717, 1.165) is 50.5 Å². The summed E-state index contributed by atoms with van der Waals surface area (Å²) >= 11 is 0. The lowest BCUT2D eigenvalue weighted by molar-refractivity contribution is -0.138.